The van der Waals surface area contributed by atoms with E-state index in [1.54, 1.807) is 21.1 Å². The number of quaternary nitrogens is 1. The van der Waals surface area contributed by atoms with Gasteiger partial charge in [0.2, 0.25) is 0 Å². The van der Waals surface area contributed by atoms with E-state index in [4.69, 9.17) is 14.2 Å². The van der Waals surface area contributed by atoms with Gasteiger partial charge in [0.05, 0.1) is 40.3 Å². The molecule has 0 saturated carbocycles. The van der Waals surface area contributed by atoms with Gasteiger partial charge >= 0.3 is 11.9 Å². The minimum absolute atomic E-state index is 0.00289. The second-order valence-corrected chi connectivity index (χ2v) is 16.3. The topological polar surface area (TPSA) is 102 Å². The Balaban J connectivity index is 4.49. The van der Waals surface area contributed by atoms with Crippen LogP contribution in [0.25, 0.3) is 0 Å². The number of carboxylic acids is 1. The molecular formula is C52H85NO7. The van der Waals surface area contributed by atoms with Gasteiger partial charge in [0, 0.05) is 19.3 Å². The second kappa shape index (κ2) is 42.0. The number of likely N-dealkylation sites (N-methyl/N-ethyl adjacent to an activating group) is 1. The van der Waals surface area contributed by atoms with Crippen LogP contribution in [0.15, 0.2) is 97.2 Å². The fourth-order valence-electron chi connectivity index (χ4n) is 6.13. The summed E-state index contributed by atoms with van der Waals surface area (Å²) in [4.78, 5) is 36.9. The molecule has 8 nitrogen and oxygen atoms in total. The lowest BCUT2D eigenvalue weighted by molar-refractivity contribution is -0.889. The first kappa shape index (κ1) is 56.2. The number of esters is 2. The molecule has 0 aliphatic rings. The van der Waals surface area contributed by atoms with Gasteiger partial charge in [0.1, 0.15) is 12.6 Å². The second-order valence-electron chi connectivity index (χ2n) is 16.3. The minimum atomic E-state index is -1.14. The maximum atomic E-state index is 12.7. The van der Waals surface area contributed by atoms with Gasteiger partial charge in [-0.05, 0) is 83.5 Å². The van der Waals surface area contributed by atoms with E-state index < -0.39 is 18.1 Å². The summed E-state index contributed by atoms with van der Waals surface area (Å²) in [7, 11) is 5.37. The summed E-state index contributed by atoms with van der Waals surface area (Å²) in [6.07, 6.45) is 55.9. The maximum absolute atomic E-state index is 12.7. The third-order valence-electron chi connectivity index (χ3n) is 9.73. The first-order valence-electron chi connectivity index (χ1n) is 23.3. The highest BCUT2D eigenvalue weighted by Gasteiger charge is 2.25. The first-order valence-corrected chi connectivity index (χ1v) is 23.3. The predicted molar refractivity (Wildman–Crippen MR) is 249 cm³/mol. The van der Waals surface area contributed by atoms with Crippen molar-refractivity contribution >= 4 is 17.9 Å². The molecule has 0 aliphatic heterocycles. The van der Waals surface area contributed by atoms with Crippen molar-refractivity contribution in [2.75, 3.05) is 41.0 Å². The van der Waals surface area contributed by atoms with Crippen molar-refractivity contribution in [2.24, 2.45) is 0 Å². The Hall–Kier alpha value is -3.75. The molecule has 0 aromatic rings. The number of nitrogens with zero attached hydrogens (tertiary/aromatic N) is 1. The van der Waals surface area contributed by atoms with Crippen LogP contribution in [0.5, 0.6) is 0 Å². The monoisotopic (exact) mass is 836 g/mol. The van der Waals surface area contributed by atoms with E-state index in [-0.39, 0.29) is 49.1 Å². The Morgan fingerprint density at radius 3 is 1.52 bits per heavy atom. The van der Waals surface area contributed by atoms with Gasteiger partial charge in [0.25, 0.3) is 0 Å². The zero-order chi connectivity index (χ0) is 44.2. The fourth-order valence-corrected chi connectivity index (χ4v) is 6.13. The summed E-state index contributed by atoms with van der Waals surface area (Å²) in [6.45, 7) is 4.43. The van der Waals surface area contributed by atoms with E-state index in [0.29, 0.717) is 12.8 Å². The number of carbonyl (C=O) groups excluding carboxylic acids is 3. The number of unbranched alkanes of at least 4 members (excludes halogenated alkanes) is 11. The van der Waals surface area contributed by atoms with Gasteiger partial charge < -0.3 is 28.6 Å². The van der Waals surface area contributed by atoms with Crippen molar-refractivity contribution in [1.82, 2.24) is 0 Å². The SMILES string of the molecule is CC/C=C/C/C=C/C/C=C/C/C=C/C/C=C/C/C=C/CCCC(=O)OC(COCCC(C(=O)[O-])[N+](C)(C)C)COC(=O)CCCCC/C=C/C=C/CCCCCCCCC. The van der Waals surface area contributed by atoms with Crippen molar-refractivity contribution in [3.63, 3.8) is 0 Å². The van der Waals surface area contributed by atoms with Gasteiger partial charge in [-0.3, -0.25) is 9.59 Å². The van der Waals surface area contributed by atoms with E-state index in [1.807, 2.05) is 0 Å². The fraction of sp³-hybridized carbons (Fsp3) is 0.635. The molecule has 0 aliphatic carbocycles. The molecule has 0 fully saturated rings. The molecule has 0 N–H and O–H groups in total. The molecule has 0 saturated heterocycles. The Bertz CT molecular complexity index is 1300. The van der Waals surface area contributed by atoms with Crippen LogP contribution >= 0.6 is 0 Å². The van der Waals surface area contributed by atoms with E-state index in [9.17, 15) is 19.5 Å². The average Bonchev–Trinajstić information content (AvgIpc) is 3.21. The summed E-state index contributed by atoms with van der Waals surface area (Å²) in [6, 6.07) is -0.746. The highest BCUT2D eigenvalue weighted by atomic mass is 16.6. The van der Waals surface area contributed by atoms with Crippen molar-refractivity contribution in [2.45, 2.75) is 174 Å². The predicted octanol–water partition coefficient (Wildman–Crippen LogP) is 11.7. The van der Waals surface area contributed by atoms with Crippen LogP contribution in [0.3, 0.4) is 0 Å². The van der Waals surface area contributed by atoms with Gasteiger partial charge in [-0.1, -0.05) is 156 Å². The maximum Gasteiger partial charge on any atom is 0.306 e. The van der Waals surface area contributed by atoms with Crippen LogP contribution in [-0.2, 0) is 28.6 Å². The smallest absolute Gasteiger partial charge is 0.306 e. The van der Waals surface area contributed by atoms with E-state index in [1.165, 1.54) is 44.9 Å². The number of hydrogen-bond acceptors (Lipinski definition) is 7. The van der Waals surface area contributed by atoms with Gasteiger partial charge in [-0.25, -0.2) is 0 Å². The highest BCUT2D eigenvalue weighted by Crippen LogP contribution is 2.11. The summed E-state index contributed by atoms with van der Waals surface area (Å²) >= 11 is 0. The number of hydrogen-bond donors (Lipinski definition) is 0. The Labute approximate surface area is 366 Å². The molecule has 0 aromatic heterocycles. The van der Waals surface area contributed by atoms with Crippen molar-refractivity contribution in [3.8, 4) is 0 Å². The molecule has 340 valence electrons. The standard InChI is InChI=1S/C52H85NO7/c1-6-8-10-12-14-16-18-20-22-24-25-26-27-29-31-33-35-37-39-41-43-51(55)60-48(46-58-45-44-49(52(56)57)53(3,4)5)47-59-50(54)42-40-38-36-34-32-30-28-23-21-19-17-15-13-11-9-7-2/h8,10,14,16,20,22-23,25-26,28-32,35,37,48-49H,6-7,9,11-13,15,17-19,21,24,27,33-34,36,38-47H2,1-5H3/b10-8+,16-14+,22-20+,26-25+,28-23+,31-29+,32-30+,37-35+. The summed E-state index contributed by atoms with van der Waals surface area (Å²) in [5.41, 5.74) is 0. The number of ether oxygens (including phenoxy) is 3. The molecule has 0 radical (unpaired) electrons. The molecule has 0 aromatic carbocycles. The zero-order valence-electron chi connectivity index (χ0n) is 38.6. The summed E-state index contributed by atoms with van der Waals surface area (Å²) in [5.74, 6) is -1.86. The van der Waals surface area contributed by atoms with E-state index in [0.717, 1.165) is 77.0 Å². The third kappa shape index (κ3) is 39.7. The quantitative estimate of drug-likeness (QED) is 0.0199. The lowest BCUT2D eigenvalue weighted by atomic mass is 10.1. The van der Waals surface area contributed by atoms with Gasteiger partial charge in [-0.15, -0.1) is 0 Å². The van der Waals surface area contributed by atoms with E-state index >= 15 is 0 Å². The largest absolute Gasteiger partial charge is 0.544 e. The first-order chi connectivity index (χ1) is 29.1. The summed E-state index contributed by atoms with van der Waals surface area (Å²) < 4.78 is 17.1. The molecule has 0 spiro atoms. The third-order valence-corrected chi connectivity index (χ3v) is 9.73. The van der Waals surface area contributed by atoms with Crippen LogP contribution in [0, 0.1) is 0 Å². The van der Waals surface area contributed by atoms with Crippen LogP contribution < -0.4 is 5.11 Å². The van der Waals surface area contributed by atoms with Crippen LogP contribution in [0.4, 0.5) is 0 Å². The lowest BCUT2D eigenvalue weighted by Gasteiger charge is -2.34. The molecule has 2 atom stereocenters. The number of aliphatic carboxylic acids is 1. The minimum Gasteiger partial charge on any atom is -0.544 e. The highest BCUT2D eigenvalue weighted by molar-refractivity contribution is 5.70. The molecule has 0 bridgehead atoms. The van der Waals surface area contributed by atoms with Gasteiger partial charge in [-0.2, -0.15) is 0 Å². The van der Waals surface area contributed by atoms with E-state index in [2.05, 4.69) is 111 Å². The zero-order valence-corrected chi connectivity index (χ0v) is 38.6. The number of rotatable bonds is 40. The van der Waals surface area contributed by atoms with Gasteiger partial charge in [0.15, 0.2) is 6.10 Å². The van der Waals surface area contributed by atoms with Crippen LogP contribution in [0.1, 0.15) is 162 Å². The van der Waals surface area contributed by atoms with Crippen LogP contribution in [0.2, 0.25) is 0 Å². The number of carboxylic acid groups (broad SMARTS) is 1. The number of carbonyl (C=O) groups is 3. The summed E-state index contributed by atoms with van der Waals surface area (Å²) in [5, 5.41) is 11.6. The normalized spacial score (nSPS) is 13.8. The number of allylic oxidation sites excluding steroid dienone is 16. The van der Waals surface area contributed by atoms with Crippen molar-refractivity contribution in [3.05, 3.63) is 97.2 Å². The molecule has 0 amide bonds. The Morgan fingerprint density at radius 2 is 1.00 bits per heavy atom. The molecule has 2 unspecified atom stereocenters. The molecule has 0 rings (SSSR count). The average molecular weight is 836 g/mol. The molecule has 8 heteroatoms. The molecule has 60 heavy (non-hydrogen) atoms. The Kier molecular flexibility index (Phi) is 39.3. The van der Waals surface area contributed by atoms with Crippen LogP contribution in [-0.4, -0.2) is 75.5 Å². The molecule has 0 heterocycles. The molecular weight excluding hydrogens is 751 g/mol. The van der Waals surface area contributed by atoms with Crippen molar-refractivity contribution < 1.29 is 38.2 Å². The van der Waals surface area contributed by atoms with Crippen molar-refractivity contribution in [1.29, 1.82) is 0 Å². The lowest BCUT2D eigenvalue weighted by Crippen LogP contribution is -2.55. The Morgan fingerprint density at radius 1 is 0.533 bits per heavy atom.